The van der Waals surface area contributed by atoms with Crippen LogP contribution in [0.15, 0.2) is 12.1 Å². The van der Waals surface area contributed by atoms with Crippen LogP contribution in [-0.2, 0) is 24.8 Å². The van der Waals surface area contributed by atoms with Gasteiger partial charge in [0.25, 0.3) is 0 Å². The molecule has 2 aromatic heterocycles. The third-order valence-corrected chi connectivity index (χ3v) is 6.87. The van der Waals surface area contributed by atoms with Gasteiger partial charge < -0.3 is 9.67 Å². The lowest BCUT2D eigenvalue weighted by Crippen LogP contribution is -2.47. The van der Waals surface area contributed by atoms with Crippen molar-refractivity contribution in [3.05, 3.63) is 33.5 Å². The molecule has 4 rings (SSSR count). The maximum absolute atomic E-state index is 10.1. The van der Waals surface area contributed by atoms with Gasteiger partial charge in [0.05, 0.1) is 11.5 Å². The number of aliphatic hydroxyl groups excluding tert-OH is 1. The van der Waals surface area contributed by atoms with Crippen molar-refractivity contribution in [2.75, 3.05) is 0 Å². The zero-order valence-electron chi connectivity index (χ0n) is 13.8. The topological polar surface area (TPSA) is 50.9 Å². The van der Waals surface area contributed by atoms with Crippen LogP contribution in [0.3, 0.4) is 0 Å². The van der Waals surface area contributed by atoms with E-state index in [-0.39, 0.29) is 11.5 Å². The van der Waals surface area contributed by atoms with E-state index in [4.69, 9.17) is 0 Å². The summed E-state index contributed by atoms with van der Waals surface area (Å²) in [6.07, 6.45) is 8.50. The Labute approximate surface area is 141 Å². The summed E-state index contributed by atoms with van der Waals surface area (Å²) in [7, 11) is 0. The van der Waals surface area contributed by atoms with Crippen LogP contribution in [0.1, 0.15) is 66.9 Å². The fraction of sp³-hybridized carbons (Fsp3) is 0.667. The number of aromatic nitrogens is 3. The van der Waals surface area contributed by atoms with Crippen LogP contribution in [0.2, 0.25) is 0 Å². The molecule has 1 fully saturated rings. The molecule has 5 heteroatoms. The Balaban J connectivity index is 1.76. The number of nitrogens with zero attached hydrogens (tertiary/aromatic N) is 3. The first-order valence-electron chi connectivity index (χ1n) is 8.93. The highest BCUT2D eigenvalue weighted by molar-refractivity contribution is 7.12. The average Bonchev–Trinajstić information content (AvgIpc) is 3.11. The average molecular weight is 331 g/mol. The Kier molecular flexibility index (Phi) is 4.01. The van der Waals surface area contributed by atoms with Gasteiger partial charge in [-0.05, 0) is 44.2 Å². The van der Waals surface area contributed by atoms with Gasteiger partial charge in [-0.1, -0.05) is 19.8 Å². The molecule has 0 amide bonds. The van der Waals surface area contributed by atoms with E-state index in [0.29, 0.717) is 0 Å². The van der Waals surface area contributed by atoms with Crippen molar-refractivity contribution < 1.29 is 5.11 Å². The Morgan fingerprint density at radius 2 is 2.04 bits per heavy atom. The van der Waals surface area contributed by atoms with E-state index in [1.54, 1.807) is 0 Å². The van der Waals surface area contributed by atoms with Crippen LogP contribution in [0.5, 0.6) is 0 Å². The summed E-state index contributed by atoms with van der Waals surface area (Å²) >= 11 is 1.88. The molecule has 2 aliphatic rings. The molecule has 1 saturated carbocycles. The van der Waals surface area contributed by atoms with Crippen molar-refractivity contribution in [3.63, 3.8) is 0 Å². The summed E-state index contributed by atoms with van der Waals surface area (Å²) in [5.74, 6) is 2.25. The third kappa shape index (κ3) is 2.54. The molecule has 23 heavy (non-hydrogen) atoms. The molecule has 124 valence electrons. The number of hydrogen-bond donors (Lipinski definition) is 1. The Morgan fingerprint density at radius 1 is 1.22 bits per heavy atom. The molecule has 0 unspecified atom stereocenters. The zero-order chi connectivity index (χ0) is 15.9. The number of thiophene rings is 1. The second-order valence-corrected chi connectivity index (χ2v) is 8.19. The first kappa shape index (κ1) is 15.3. The Morgan fingerprint density at radius 3 is 2.78 bits per heavy atom. The van der Waals surface area contributed by atoms with Gasteiger partial charge in [-0.15, -0.1) is 21.5 Å². The summed E-state index contributed by atoms with van der Waals surface area (Å²) in [6.45, 7) is 3.23. The van der Waals surface area contributed by atoms with Crippen molar-refractivity contribution in [1.29, 1.82) is 0 Å². The smallest absolute Gasteiger partial charge is 0.144 e. The molecule has 2 aromatic rings. The monoisotopic (exact) mass is 331 g/mol. The van der Waals surface area contributed by atoms with Gasteiger partial charge in [-0.3, -0.25) is 0 Å². The first-order chi connectivity index (χ1) is 11.2. The van der Waals surface area contributed by atoms with Crippen LogP contribution in [0, 0.1) is 0 Å². The van der Waals surface area contributed by atoms with Crippen molar-refractivity contribution >= 4 is 11.3 Å². The van der Waals surface area contributed by atoms with Gasteiger partial charge in [0.2, 0.25) is 0 Å². The standard InChI is InChI=1S/C18H25N3OS/c1-2-14-8-9-15(23-14)18(11-13(22)12-18)17-20-19-16-7-5-3-4-6-10-21(16)17/h8-9,13,22H,2-7,10-12H2,1H3/t13-,18+. The van der Waals surface area contributed by atoms with Gasteiger partial charge in [0.1, 0.15) is 11.6 Å². The van der Waals surface area contributed by atoms with Crippen LogP contribution < -0.4 is 0 Å². The second-order valence-electron chi connectivity index (χ2n) is 7.02. The number of aliphatic hydroxyl groups is 1. The zero-order valence-corrected chi connectivity index (χ0v) is 14.6. The molecule has 3 heterocycles. The fourth-order valence-corrected chi connectivity index (χ4v) is 5.23. The largest absolute Gasteiger partial charge is 0.393 e. The van der Waals surface area contributed by atoms with Gasteiger partial charge in [-0.2, -0.15) is 0 Å². The second kappa shape index (κ2) is 6.02. The Hall–Kier alpha value is -1.20. The molecule has 1 aliphatic carbocycles. The van der Waals surface area contributed by atoms with E-state index >= 15 is 0 Å². The number of rotatable bonds is 3. The van der Waals surface area contributed by atoms with E-state index in [1.807, 2.05) is 11.3 Å². The quantitative estimate of drug-likeness (QED) is 0.937. The normalized spacial score (nSPS) is 27.8. The number of fused-ring (bicyclic) bond motifs is 1. The van der Waals surface area contributed by atoms with E-state index in [2.05, 4.69) is 33.8 Å². The van der Waals surface area contributed by atoms with E-state index in [0.717, 1.165) is 43.9 Å². The van der Waals surface area contributed by atoms with Crippen molar-refractivity contribution in [1.82, 2.24) is 14.8 Å². The minimum atomic E-state index is -0.205. The van der Waals surface area contributed by atoms with Crippen LogP contribution in [-0.4, -0.2) is 26.0 Å². The van der Waals surface area contributed by atoms with Crippen LogP contribution in [0.25, 0.3) is 0 Å². The molecule has 1 aliphatic heterocycles. The third-order valence-electron chi connectivity index (χ3n) is 5.44. The predicted molar refractivity (Wildman–Crippen MR) is 91.9 cm³/mol. The molecule has 0 atom stereocenters. The molecule has 0 aromatic carbocycles. The van der Waals surface area contributed by atoms with E-state index < -0.39 is 0 Å². The maximum atomic E-state index is 10.1. The molecular weight excluding hydrogens is 306 g/mol. The molecular formula is C18H25N3OS. The molecule has 0 spiro atoms. The maximum Gasteiger partial charge on any atom is 0.144 e. The minimum absolute atomic E-state index is 0.109. The summed E-state index contributed by atoms with van der Waals surface area (Å²) < 4.78 is 2.37. The number of aryl methyl sites for hydroxylation is 2. The lowest BCUT2D eigenvalue weighted by Gasteiger charge is -2.44. The first-order valence-corrected chi connectivity index (χ1v) is 9.74. The van der Waals surface area contributed by atoms with Crippen LogP contribution >= 0.6 is 11.3 Å². The summed E-state index contributed by atoms with van der Waals surface area (Å²) in [5.41, 5.74) is -0.109. The van der Waals surface area contributed by atoms with Crippen LogP contribution in [0.4, 0.5) is 0 Å². The highest BCUT2D eigenvalue weighted by atomic mass is 32.1. The molecule has 0 radical (unpaired) electrons. The molecule has 1 N–H and O–H groups in total. The van der Waals surface area contributed by atoms with Gasteiger partial charge in [0, 0.05) is 22.7 Å². The SMILES string of the molecule is CCc1ccc([C@]2(c3nnc4n3CCCCCC4)C[C@@H](O)C2)s1. The van der Waals surface area contributed by atoms with E-state index in [9.17, 15) is 5.11 Å². The highest BCUT2D eigenvalue weighted by Crippen LogP contribution is 2.50. The molecule has 0 saturated heterocycles. The lowest BCUT2D eigenvalue weighted by molar-refractivity contribution is 0.0333. The van der Waals surface area contributed by atoms with Crippen molar-refractivity contribution in [3.8, 4) is 0 Å². The van der Waals surface area contributed by atoms with Crippen molar-refractivity contribution in [2.45, 2.75) is 76.4 Å². The minimum Gasteiger partial charge on any atom is -0.393 e. The fourth-order valence-electron chi connectivity index (χ4n) is 4.08. The summed E-state index contributed by atoms with van der Waals surface area (Å²) in [4.78, 5) is 2.77. The van der Waals surface area contributed by atoms with E-state index in [1.165, 1.54) is 35.4 Å². The summed E-state index contributed by atoms with van der Waals surface area (Å²) in [5, 5.41) is 19.2. The van der Waals surface area contributed by atoms with Gasteiger partial charge in [0.15, 0.2) is 0 Å². The predicted octanol–water partition coefficient (Wildman–Crippen LogP) is 3.46. The molecule has 0 bridgehead atoms. The lowest BCUT2D eigenvalue weighted by atomic mass is 9.65. The number of hydrogen-bond acceptors (Lipinski definition) is 4. The van der Waals surface area contributed by atoms with Gasteiger partial charge in [-0.25, -0.2) is 0 Å². The summed E-state index contributed by atoms with van der Waals surface area (Å²) in [6, 6.07) is 4.48. The highest BCUT2D eigenvalue weighted by Gasteiger charge is 2.51. The van der Waals surface area contributed by atoms with Gasteiger partial charge >= 0.3 is 0 Å². The Bertz CT molecular complexity index is 684. The van der Waals surface area contributed by atoms with Crippen molar-refractivity contribution in [2.24, 2.45) is 0 Å². The molecule has 4 nitrogen and oxygen atoms in total.